The smallest absolute Gasteiger partial charge is 0.200 e. The van der Waals surface area contributed by atoms with Gasteiger partial charge in [-0.15, -0.1) is 0 Å². The number of aryl methyl sites for hydroxylation is 3. The van der Waals surface area contributed by atoms with E-state index < -0.39 is 0 Å². The van der Waals surface area contributed by atoms with Crippen molar-refractivity contribution in [1.82, 2.24) is 0 Å². The fourth-order valence-corrected chi connectivity index (χ4v) is 2.00. The predicted molar refractivity (Wildman–Crippen MR) is 81.6 cm³/mol. The third kappa shape index (κ3) is 3.47. The maximum atomic E-state index is 12.1. The van der Waals surface area contributed by atoms with Gasteiger partial charge in [-0.05, 0) is 55.2 Å². The van der Waals surface area contributed by atoms with Crippen LogP contribution in [0.15, 0.2) is 42.5 Å². The molecule has 0 aliphatic heterocycles. The van der Waals surface area contributed by atoms with Crippen LogP contribution in [-0.2, 0) is 6.42 Å². The van der Waals surface area contributed by atoms with Gasteiger partial charge >= 0.3 is 0 Å². The lowest BCUT2D eigenvalue weighted by Gasteiger charge is -2.08. The molecule has 0 aliphatic rings. The van der Waals surface area contributed by atoms with E-state index in [1.165, 1.54) is 11.1 Å². The van der Waals surface area contributed by atoms with Crippen molar-refractivity contribution in [2.24, 2.45) is 0 Å². The van der Waals surface area contributed by atoms with Gasteiger partial charge in [0, 0.05) is 5.56 Å². The molecule has 2 aromatic carbocycles. The fraction of sp³-hybridized carbons (Fsp3) is 0.278. The van der Waals surface area contributed by atoms with Gasteiger partial charge in [-0.1, -0.05) is 31.2 Å². The number of carbonyl (C=O) groups excluding carboxylic acids is 1. The molecule has 0 saturated heterocycles. The molecule has 20 heavy (non-hydrogen) atoms. The molecule has 0 radical (unpaired) electrons. The minimum atomic E-state index is 0.00926. The second-order valence-corrected chi connectivity index (χ2v) is 5.01. The van der Waals surface area contributed by atoms with Crippen molar-refractivity contribution in [3.63, 3.8) is 0 Å². The highest BCUT2D eigenvalue weighted by atomic mass is 16.5. The van der Waals surface area contributed by atoms with Crippen LogP contribution >= 0.6 is 0 Å². The minimum Gasteiger partial charge on any atom is -0.485 e. The molecule has 2 nitrogen and oxygen atoms in total. The van der Waals surface area contributed by atoms with Crippen molar-refractivity contribution in [2.45, 2.75) is 27.2 Å². The Bertz CT molecular complexity index is 615. The van der Waals surface area contributed by atoms with E-state index in [1.54, 1.807) is 0 Å². The monoisotopic (exact) mass is 268 g/mol. The molecule has 0 aromatic heterocycles. The molecule has 0 heterocycles. The first kappa shape index (κ1) is 14.3. The number of Topliss-reactive ketones (excluding diaryl/α,β-unsaturated/α-hetero) is 1. The molecule has 2 heteroatoms. The Hall–Kier alpha value is -2.09. The van der Waals surface area contributed by atoms with Crippen LogP contribution in [0.1, 0.15) is 34.0 Å². The van der Waals surface area contributed by atoms with Crippen molar-refractivity contribution >= 4 is 5.78 Å². The second-order valence-electron chi connectivity index (χ2n) is 5.01. The number of ether oxygens (including phenoxy) is 1. The van der Waals surface area contributed by atoms with Crippen molar-refractivity contribution < 1.29 is 9.53 Å². The van der Waals surface area contributed by atoms with Gasteiger partial charge in [0.25, 0.3) is 0 Å². The molecule has 2 aromatic rings. The number of hydrogen-bond acceptors (Lipinski definition) is 2. The molecule has 104 valence electrons. The predicted octanol–water partition coefficient (Wildman–Crippen LogP) is 4.13. The Morgan fingerprint density at radius 3 is 2.55 bits per heavy atom. The molecule has 0 fully saturated rings. The Kier molecular flexibility index (Phi) is 4.57. The van der Waals surface area contributed by atoms with E-state index >= 15 is 0 Å². The molecule has 0 N–H and O–H groups in total. The van der Waals surface area contributed by atoms with Crippen LogP contribution < -0.4 is 4.74 Å². The van der Waals surface area contributed by atoms with Gasteiger partial charge < -0.3 is 4.74 Å². The number of hydrogen-bond donors (Lipinski definition) is 0. The SMILES string of the molecule is CCc1cccc(OCC(=O)c2ccc(C)c(C)c2)c1. The van der Waals surface area contributed by atoms with Gasteiger partial charge in [-0.3, -0.25) is 4.79 Å². The van der Waals surface area contributed by atoms with Gasteiger partial charge in [-0.2, -0.15) is 0 Å². The van der Waals surface area contributed by atoms with Gasteiger partial charge in [0.05, 0.1) is 0 Å². The van der Waals surface area contributed by atoms with Crippen molar-refractivity contribution in [2.75, 3.05) is 6.61 Å². The molecule has 0 amide bonds. The Morgan fingerprint density at radius 1 is 1.05 bits per heavy atom. The highest BCUT2D eigenvalue weighted by molar-refractivity contribution is 5.97. The zero-order chi connectivity index (χ0) is 14.5. The normalized spacial score (nSPS) is 10.3. The highest BCUT2D eigenvalue weighted by Gasteiger charge is 2.08. The summed E-state index contributed by atoms with van der Waals surface area (Å²) in [4.78, 5) is 12.1. The Balaban J connectivity index is 2.02. The van der Waals surface area contributed by atoms with Crippen LogP contribution in [0, 0.1) is 13.8 Å². The molecule has 0 saturated carbocycles. The van der Waals surface area contributed by atoms with E-state index in [0.29, 0.717) is 5.56 Å². The standard InChI is InChI=1S/C18H20O2/c1-4-15-6-5-7-17(11-15)20-12-18(19)16-9-8-13(2)14(3)10-16/h5-11H,4,12H2,1-3H3. The lowest BCUT2D eigenvalue weighted by atomic mass is 10.0. The first-order valence-corrected chi connectivity index (χ1v) is 6.92. The lowest BCUT2D eigenvalue weighted by molar-refractivity contribution is 0.0921. The quantitative estimate of drug-likeness (QED) is 0.762. The lowest BCUT2D eigenvalue weighted by Crippen LogP contribution is -2.12. The van der Waals surface area contributed by atoms with E-state index in [-0.39, 0.29) is 12.4 Å². The third-order valence-electron chi connectivity index (χ3n) is 3.51. The summed E-state index contributed by atoms with van der Waals surface area (Å²) in [5, 5.41) is 0. The highest BCUT2D eigenvalue weighted by Crippen LogP contribution is 2.15. The van der Waals surface area contributed by atoms with E-state index in [4.69, 9.17) is 4.74 Å². The zero-order valence-corrected chi connectivity index (χ0v) is 12.3. The Labute approximate surface area is 120 Å². The van der Waals surface area contributed by atoms with Gasteiger partial charge in [0.1, 0.15) is 5.75 Å². The summed E-state index contributed by atoms with van der Waals surface area (Å²) in [5.41, 5.74) is 4.24. The topological polar surface area (TPSA) is 26.3 Å². The van der Waals surface area contributed by atoms with Crippen LogP contribution in [-0.4, -0.2) is 12.4 Å². The second kappa shape index (κ2) is 6.38. The van der Waals surface area contributed by atoms with Gasteiger partial charge in [-0.25, -0.2) is 0 Å². The summed E-state index contributed by atoms with van der Waals surface area (Å²) in [7, 11) is 0. The van der Waals surface area contributed by atoms with Crippen LogP contribution in [0.5, 0.6) is 5.75 Å². The third-order valence-corrected chi connectivity index (χ3v) is 3.51. The summed E-state index contributed by atoms with van der Waals surface area (Å²) in [6, 6.07) is 13.6. The molecule has 0 bridgehead atoms. The molecule has 0 aliphatic carbocycles. The van der Waals surface area contributed by atoms with Crippen molar-refractivity contribution in [1.29, 1.82) is 0 Å². The first-order valence-electron chi connectivity index (χ1n) is 6.92. The number of carbonyl (C=O) groups is 1. The van der Waals surface area contributed by atoms with Crippen LogP contribution in [0.4, 0.5) is 0 Å². The molecule has 2 rings (SSSR count). The van der Waals surface area contributed by atoms with E-state index in [2.05, 4.69) is 13.0 Å². The van der Waals surface area contributed by atoms with Crippen LogP contribution in [0.25, 0.3) is 0 Å². The molecule has 0 unspecified atom stereocenters. The maximum Gasteiger partial charge on any atom is 0.200 e. The Morgan fingerprint density at radius 2 is 1.85 bits per heavy atom. The summed E-state index contributed by atoms with van der Waals surface area (Å²) in [6.45, 7) is 6.23. The number of benzene rings is 2. The molecular formula is C18H20O2. The summed E-state index contributed by atoms with van der Waals surface area (Å²) in [6.07, 6.45) is 0.961. The summed E-state index contributed by atoms with van der Waals surface area (Å²) >= 11 is 0. The fourth-order valence-electron chi connectivity index (χ4n) is 2.00. The summed E-state index contributed by atoms with van der Waals surface area (Å²) < 4.78 is 5.59. The van der Waals surface area contributed by atoms with Gasteiger partial charge in [0.2, 0.25) is 0 Å². The number of ketones is 1. The maximum absolute atomic E-state index is 12.1. The molecule has 0 atom stereocenters. The average molecular weight is 268 g/mol. The minimum absolute atomic E-state index is 0.00926. The first-order chi connectivity index (χ1) is 9.60. The average Bonchev–Trinajstić information content (AvgIpc) is 2.47. The van der Waals surface area contributed by atoms with E-state index in [9.17, 15) is 4.79 Å². The molecule has 0 spiro atoms. The van der Waals surface area contributed by atoms with E-state index in [1.807, 2.05) is 50.2 Å². The van der Waals surface area contributed by atoms with Crippen LogP contribution in [0.3, 0.4) is 0 Å². The summed E-state index contributed by atoms with van der Waals surface area (Å²) in [5.74, 6) is 0.761. The largest absolute Gasteiger partial charge is 0.485 e. The van der Waals surface area contributed by atoms with E-state index in [0.717, 1.165) is 17.7 Å². The zero-order valence-electron chi connectivity index (χ0n) is 12.3. The van der Waals surface area contributed by atoms with Crippen LogP contribution in [0.2, 0.25) is 0 Å². The number of rotatable bonds is 5. The van der Waals surface area contributed by atoms with Crippen molar-refractivity contribution in [3.8, 4) is 5.75 Å². The van der Waals surface area contributed by atoms with Gasteiger partial charge in [0.15, 0.2) is 12.4 Å². The van der Waals surface area contributed by atoms with Crippen molar-refractivity contribution in [3.05, 3.63) is 64.7 Å². The molecular weight excluding hydrogens is 248 g/mol.